The molecule has 0 aliphatic rings. The number of hydrogen-bond acceptors (Lipinski definition) is 6. The van der Waals surface area contributed by atoms with Crippen LogP contribution in [0.15, 0.2) is 72.9 Å². The number of nitrogens with one attached hydrogen (secondary N) is 1. The van der Waals surface area contributed by atoms with Crippen LogP contribution in [-0.2, 0) is 18.4 Å². The zero-order valence-corrected chi connectivity index (χ0v) is 51.6. The van der Waals surface area contributed by atoms with Crippen LogP contribution in [0.2, 0.25) is 0 Å². The average molecular weight is 1090 g/mol. The molecular weight excluding hydrogens is 960 g/mol. The van der Waals surface area contributed by atoms with E-state index in [0.29, 0.717) is 17.4 Å². The van der Waals surface area contributed by atoms with Crippen LogP contribution in [0.1, 0.15) is 296 Å². The van der Waals surface area contributed by atoms with Gasteiger partial charge in [-0.2, -0.15) is 0 Å². The molecule has 0 saturated heterocycles. The molecule has 9 heteroatoms. The molecule has 0 aromatic heterocycles. The highest BCUT2D eigenvalue weighted by molar-refractivity contribution is 7.45. The molecule has 0 aromatic carbocycles. The van der Waals surface area contributed by atoms with Crippen molar-refractivity contribution in [2.45, 2.75) is 309 Å². The molecule has 0 aliphatic carbocycles. The van der Waals surface area contributed by atoms with E-state index in [1.54, 1.807) is 6.08 Å². The Hall–Kier alpha value is -2.06. The Balaban J connectivity index is 4.17. The Labute approximate surface area is 472 Å². The van der Waals surface area contributed by atoms with Gasteiger partial charge in [0.05, 0.1) is 39.9 Å². The first kappa shape index (κ1) is 73.9. The highest BCUT2D eigenvalue weighted by Crippen LogP contribution is 2.38. The molecule has 0 spiro atoms. The summed E-state index contributed by atoms with van der Waals surface area (Å²) >= 11 is 0. The molecule has 1 amide bonds. The molecule has 0 radical (unpaired) electrons. The van der Waals surface area contributed by atoms with Gasteiger partial charge in [-0.1, -0.05) is 292 Å². The van der Waals surface area contributed by atoms with E-state index in [9.17, 15) is 19.4 Å². The van der Waals surface area contributed by atoms with E-state index in [0.717, 1.165) is 64.2 Å². The number of allylic oxidation sites excluding steroid dienone is 11. The van der Waals surface area contributed by atoms with Gasteiger partial charge >= 0.3 is 0 Å². The van der Waals surface area contributed by atoms with Crippen LogP contribution in [0.25, 0.3) is 0 Å². The molecule has 8 nitrogen and oxygen atoms in total. The monoisotopic (exact) mass is 1080 g/mol. The summed E-state index contributed by atoms with van der Waals surface area (Å²) in [6.07, 6.45) is 80.1. The van der Waals surface area contributed by atoms with Gasteiger partial charge < -0.3 is 28.8 Å². The van der Waals surface area contributed by atoms with Gasteiger partial charge in [0, 0.05) is 6.42 Å². The van der Waals surface area contributed by atoms with E-state index in [4.69, 9.17) is 9.05 Å². The van der Waals surface area contributed by atoms with Gasteiger partial charge in [0.15, 0.2) is 0 Å². The third kappa shape index (κ3) is 59.6. The highest BCUT2D eigenvalue weighted by Gasteiger charge is 2.23. The summed E-state index contributed by atoms with van der Waals surface area (Å²) in [6.45, 7) is 4.55. The number of rotatable bonds is 59. The number of aliphatic hydroxyl groups excluding tert-OH is 1. The predicted octanol–water partition coefficient (Wildman–Crippen LogP) is 19.6. The third-order valence-corrected chi connectivity index (χ3v) is 15.4. The number of unbranched alkanes of at least 4 members (excludes halogenated alkanes) is 36. The summed E-state index contributed by atoms with van der Waals surface area (Å²) in [4.78, 5) is 25.6. The Morgan fingerprint density at radius 2 is 0.816 bits per heavy atom. The second kappa shape index (κ2) is 57.6. The number of nitrogens with zero attached hydrogens (tertiary/aromatic N) is 1. The summed E-state index contributed by atoms with van der Waals surface area (Å²) in [5, 5.41) is 13.9. The molecule has 0 aliphatic heterocycles. The highest BCUT2D eigenvalue weighted by atomic mass is 31.2. The zero-order valence-electron chi connectivity index (χ0n) is 50.7. The molecule has 0 saturated carbocycles. The van der Waals surface area contributed by atoms with Crippen molar-refractivity contribution in [3.63, 3.8) is 0 Å². The third-order valence-electron chi connectivity index (χ3n) is 14.4. The lowest BCUT2D eigenvalue weighted by Crippen LogP contribution is -2.45. The number of likely N-dealkylation sites (N-methyl/N-ethyl adjacent to an activating group) is 1. The second-order valence-electron chi connectivity index (χ2n) is 23.1. The number of carbonyl (C=O) groups is 1. The molecule has 3 atom stereocenters. The number of phosphoric acid groups is 1. The first-order chi connectivity index (χ1) is 37.0. The minimum atomic E-state index is -4.61. The number of aliphatic hydroxyl groups is 1. The van der Waals surface area contributed by atoms with Crippen LogP contribution in [-0.4, -0.2) is 68.5 Å². The normalized spacial score (nSPS) is 14.2. The van der Waals surface area contributed by atoms with Gasteiger partial charge in [0.25, 0.3) is 7.82 Å². The van der Waals surface area contributed by atoms with Gasteiger partial charge in [0.1, 0.15) is 13.2 Å². The maximum atomic E-state index is 13.0. The van der Waals surface area contributed by atoms with Gasteiger partial charge in [-0.05, 0) is 70.6 Å². The molecule has 76 heavy (non-hydrogen) atoms. The van der Waals surface area contributed by atoms with Crippen LogP contribution < -0.4 is 10.2 Å². The quantitative estimate of drug-likeness (QED) is 0.0272. The summed E-state index contributed by atoms with van der Waals surface area (Å²) in [7, 11) is 1.24. The van der Waals surface area contributed by atoms with Gasteiger partial charge in [0.2, 0.25) is 5.91 Å². The summed E-state index contributed by atoms with van der Waals surface area (Å²) in [5.41, 5.74) is 0. The smallest absolute Gasteiger partial charge is 0.268 e. The van der Waals surface area contributed by atoms with Crippen LogP contribution in [0.4, 0.5) is 0 Å². The largest absolute Gasteiger partial charge is 0.756 e. The summed E-state index contributed by atoms with van der Waals surface area (Å²) in [6, 6.07) is -0.909. The fraction of sp³-hybridized carbons (Fsp3) is 0.806. The maximum Gasteiger partial charge on any atom is 0.268 e. The second-order valence-corrected chi connectivity index (χ2v) is 24.5. The number of phosphoric ester groups is 1. The van der Waals surface area contributed by atoms with E-state index in [2.05, 4.69) is 79.9 Å². The summed E-state index contributed by atoms with van der Waals surface area (Å²) in [5.74, 6) is -0.209. The van der Waals surface area contributed by atoms with Crippen molar-refractivity contribution in [3.05, 3.63) is 72.9 Å². The first-order valence-corrected chi connectivity index (χ1v) is 33.8. The van der Waals surface area contributed by atoms with Crippen molar-refractivity contribution >= 4 is 13.7 Å². The van der Waals surface area contributed by atoms with Crippen LogP contribution in [0.3, 0.4) is 0 Å². The number of carbonyl (C=O) groups excluding carboxylic acids is 1. The lowest BCUT2D eigenvalue weighted by molar-refractivity contribution is -0.870. The Morgan fingerprint density at radius 1 is 0.474 bits per heavy atom. The lowest BCUT2D eigenvalue weighted by atomic mass is 10.0. The van der Waals surface area contributed by atoms with Crippen LogP contribution >= 0.6 is 7.82 Å². The minimum Gasteiger partial charge on any atom is -0.756 e. The van der Waals surface area contributed by atoms with E-state index in [1.165, 1.54) is 212 Å². The van der Waals surface area contributed by atoms with Crippen molar-refractivity contribution in [1.82, 2.24) is 5.32 Å². The average Bonchev–Trinajstić information content (AvgIpc) is 3.38. The topological polar surface area (TPSA) is 108 Å². The predicted molar refractivity (Wildman–Crippen MR) is 330 cm³/mol. The lowest BCUT2D eigenvalue weighted by Gasteiger charge is -2.29. The fourth-order valence-electron chi connectivity index (χ4n) is 9.40. The van der Waals surface area contributed by atoms with Crippen molar-refractivity contribution in [1.29, 1.82) is 0 Å². The van der Waals surface area contributed by atoms with Crippen molar-refractivity contribution in [2.75, 3.05) is 40.9 Å². The molecule has 3 unspecified atom stereocenters. The van der Waals surface area contributed by atoms with Crippen molar-refractivity contribution in [3.8, 4) is 0 Å². The number of hydrogen-bond donors (Lipinski definition) is 2. The maximum absolute atomic E-state index is 13.0. The molecule has 0 heterocycles. The number of amides is 1. The van der Waals surface area contributed by atoms with Gasteiger partial charge in [-0.3, -0.25) is 9.36 Å². The number of quaternary nitrogens is 1. The molecule has 0 aromatic rings. The Bertz CT molecular complexity index is 1470. The van der Waals surface area contributed by atoms with Crippen molar-refractivity contribution in [2.24, 2.45) is 0 Å². The standard InChI is InChI=1S/C67H125N2O6P/c1-6-8-10-12-14-16-18-20-22-24-26-28-30-32-33-34-35-37-38-40-42-44-46-48-50-52-54-56-58-60-66(70)65(64-75-76(72,73)74-63-62-69(3,4)5)68-67(71)61-59-57-55-53-51-49-47-45-43-41-39-36-31-29-27-25-23-21-19-17-15-13-11-9-7-2/h9,11,15,17,21,23,27,29,50,52,58,60,65-66,70H,6-8,10,12-14,16,18-20,22,24-26,28,30-49,51,53-57,59,61-64H2,1-5H3,(H-,68,71,72,73)/b11-9-,17-15-,23-21-,29-27-,52-50+,60-58+. The zero-order chi connectivity index (χ0) is 55.6. The minimum absolute atomic E-state index is 0.00879. The Morgan fingerprint density at radius 3 is 1.22 bits per heavy atom. The molecule has 444 valence electrons. The van der Waals surface area contributed by atoms with E-state index >= 15 is 0 Å². The Kier molecular flexibility index (Phi) is 56.1. The van der Waals surface area contributed by atoms with Crippen LogP contribution in [0.5, 0.6) is 0 Å². The van der Waals surface area contributed by atoms with Gasteiger partial charge in [-0.15, -0.1) is 0 Å². The SMILES string of the molecule is CC/C=C\C/C=C\C/C=C\C/C=C\CCCCCCCCCCCCCCC(=O)NC(COP(=O)([O-])OCC[N+](C)(C)C)C(O)/C=C/CC/C=C/CCCCCCCCCCCCCCCCCCCCCCCCC. The molecular formula is C67H125N2O6P. The van der Waals surface area contributed by atoms with E-state index < -0.39 is 26.6 Å². The molecule has 0 rings (SSSR count). The molecule has 0 fully saturated rings. The van der Waals surface area contributed by atoms with Crippen LogP contribution in [0, 0.1) is 0 Å². The summed E-state index contributed by atoms with van der Waals surface area (Å²) < 4.78 is 23.4. The van der Waals surface area contributed by atoms with E-state index in [1.807, 2.05) is 27.2 Å². The molecule has 2 N–H and O–H groups in total. The first-order valence-electron chi connectivity index (χ1n) is 32.3. The molecule has 0 bridgehead atoms. The fourth-order valence-corrected chi connectivity index (χ4v) is 10.1. The van der Waals surface area contributed by atoms with Crippen molar-refractivity contribution < 1.29 is 32.9 Å². The van der Waals surface area contributed by atoms with Gasteiger partial charge in [-0.25, -0.2) is 0 Å². The van der Waals surface area contributed by atoms with E-state index in [-0.39, 0.29) is 12.5 Å².